The Morgan fingerprint density at radius 3 is 2.50 bits per heavy atom. The maximum Gasteiger partial charge on any atom is 0.0558 e. The maximum atomic E-state index is 9.12. The summed E-state index contributed by atoms with van der Waals surface area (Å²) in [4.78, 5) is 2.19. The van der Waals surface area contributed by atoms with Crippen molar-refractivity contribution < 1.29 is 5.11 Å². The molecule has 0 aliphatic carbocycles. The standard InChI is InChI=1S/C16H21NO/c1-3-8-15(4-2)13-17(11-12-18)14-16-9-6-5-7-10-16/h3-10,18H,1-2,11-14H2/b15-8+. The number of hydrogen-bond donors (Lipinski definition) is 1. The highest BCUT2D eigenvalue weighted by molar-refractivity contribution is 5.23. The van der Waals surface area contributed by atoms with Crippen LogP contribution in [-0.2, 0) is 6.54 Å². The minimum absolute atomic E-state index is 0.158. The second-order valence-electron chi connectivity index (χ2n) is 4.10. The molecule has 0 aliphatic rings. The fraction of sp³-hybridized carbons (Fsp3) is 0.250. The zero-order valence-corrected chi connectivity index (χ0v) is 10.8. The first-order chi connectivity index (χ1) is 8.80. The number of hydrogen-bond acceptors (Lipinski definition) is 2. The molecular formula is C16H21NO. The molecular weight excluding hydrogens is 222 g/mol. The van der Waals surface area contributed by atoms with Gasteiger partial charge in [-0.05, 0) is 11.1 Å². The van der Waals surface area contributed by atoms with Gasteiger partial charge in [0.2, 0.25) is 0 Å². The van der Waals surface area contributed by atoms with Gasteiger partial charge in [-0.1, -0.05) is 61.7 Å². The molecule has 0 unspecified atom stereocenters. The van der Waals surface area contributed by atoms with Crippen LogP contribution < -0.4 is 0 Å². The van der Waals surface area contributed by atoms with Gasteiger partial charge in [-0.3, -0.25) is 4.90 Å². The quantitative estimate of drug-likeness (QED) is 0.710. The summed E-state index contributed by atoms with van der Waals surface area (Å²) in [6.07, 6.45) is 5.54. The summed E-state index contributed by atoms with van der Waals surface area (Å²) in [5, 5.41) is 9.12. The van der Waals surface area contributed by atoms with Crippen LogP contribution >= 0.6 is 0 Å². The summed E-state index contributed by atoms with van der Waals surface area (Å²) in [5.74, 6) is 0. The average Bonchev–Trinajstić information content (AvgIpc) is 2.39. The lowest BCUT2D eigenvalue weighted by atomic mass is 10.1. The van der Waals surface area contributed by atoms with E-state index in [1.807, 2.05) is 30.4 Å². The van der Waals surface area contributed by atoms with E-state index in [1.54, 1.807) is 6.08 Å². The monoisotopic (exact) mass is 243 g/mol. The normalized spacial score (nSPS) is 11.6. The molecule has 1 rings (SSSR count). The molecule has 0 radical (unpaired) electrons. The largest absolute Gasteiger partial charge is 0.395 e. The SMILES string of the molecule is C=C/C=C(\C=C)CN(CCO)Cc1ccccc1. The van der Waals surface area contributed by atoms with E-state index in [0.29, 0.717) is 6.54 Å². The highest BCUT2D eigenvalue weighted by Gasteiger charge is 2.06. The second-order valence-corrected chi connectivity index (χ2v) is 4.10. The molecule has 2 heteroatoms. The number of aliphatic hydroxyl groups excluding tert-OH is 1. The summed E-state index contributed by atoms with van der Waals surface area (Å²) in [6, 6.07) is 10.2. The summed E-state index contributed by atoms with van der Waals surface area (Å²) in [7, 11) is 0. The van der Waals surface area contributed by atoms with Crippen molar-refractivity contribution in [2.45, 2.75) is 6.54 Å². The summed E-state index contributed by atoms with van der Waals surface area (Å²) >= 11 is 0. The molecule has 1 N–H and O–H groups in total. The van der Waals surface area contributed by atoms with Gasteiger partial charge in [0.1, 0.15) is 0 Å². The predicted molar refractivity (Wildman–Crippen MR) is 77.3 cm³/mol. The van der Waals surface area contributed by atoms with Gasteiger partial charge < -0.3 is 5.11 Å². The van der Waals surface area contributed by atoms with Gasteiger partial charge in [0, 0.05) is 19.6 Å². The third-order valence-corrected chi connectivity index (χ3v) is 2.67. The van der Waals surface area contributed by atoms with E-state index in [-0.39, 0.29) is 6.61 Å². The third-order valence-electron chi connectivity index (χ3n) is 2.67. The molecule has 96 valence electrons. The van der Waals surface area contributed by atoms with E-state index < -0.39 is 0 Å². The molecule has 0 aromatic heterocycles. The van der Waals surface area contributed by atoms with Gasteiger partial charge in [0.15, 0.2) is 0 Å². The molecule has 1 aromatic carbocycles. The van der Waals surface area contributed by atoms with Crippen molar-refractivity contribution in [1.29, 1.82) is 0 Å². The highest BCUT2D eigenvalue weighted by Crippen LogP contribution is 2.07. The van der Waals surface area contributed by atoms with Crippen LogP contribution in [0.2, 0.25) is 0 Å². The Balaban J connectivity index is 2.67. The van der Waals surface area contributed by atoms with E-state index in [4.69, 9.17) is 5.11 Å². The highest BCUT2D eigenvalue weighted by atomic mass is 16.3. The van der Waals surface area contributed by atoms with Crippen molar-refractivity contribution in [3.05, 3.63) is 72.9 Å². The Bertz CT molecular complexity index is 395. The smallest absolute Gasteiger partial charge is 0.0558 e. The first kappa shape index (κ1) is 14.4. The van der Waals surface area contributed by atoms with Gasteiger partial charge in [-0.2, -0.15) is 0 Å². The van der Waals surface area contributed by atoms with Crippen molar-refractivity contribution in [2.75, 3.05) is 19.7 Å². The molecule has 0 saturated heterocycles. The molecule has 0 heterocycles. The third kappa shape index (κ3) is 5.13. The van der Waals surface area contributed by atoms with Crippen molar-refractivity contribution in [3.63, 3.8) is 0 Å². The Hall–Kier alpha value is -1.64. The number of benzene rings is 1. The Kier molecular flexibility index (Phi) is 6.77. The van der Waals surface area contributed by atoms with E-state index in [9.17, 15) is 0 Å². The van der Waals surface area contributed by atoms with E-state index >= 15 is 0 Å². The van der Waals surface area contributed by atoms with Gasteiger partial charge >= 0.3 is 0 Å². The molecule has 18 heavy (non-hydrogen) atoms. The van der Waals surface area contributed by atoms with Crippen molar-refractivity contribution in [2.24, 2.45) is 0 Å². The molecule has 0 bridgehead atoms. The maximum absolute atomic E-state index is 9.12. The second kappa shape index (κ2) is 8.45. The zero-order valence-electron chi connectivity index (χ0n) is 10.8. The van der Waals surface area contributed by atoms with E-state index in [1.165, 1.54) is 5.56 Å². The van der Waals surface area contributed by atoms with Crippen LogP contribution in [0.25, 0.3) is 0 Å². The molecule has 0 amide bonds. The molecule has 2 nitrogen and oxygen atoms in total. The van der Waals surface area contributed by atoms with Crippen LogP contribution in [0.15, 0.2) is 67.3 Å². The topological polar surface area (TPSA) is 23.5 Å². The molecule has 1 aromatic rings. The zero-order chi connectivity index (χ0) is 13.2. The van der Waals surface area contributed by atoms with Crippen molar-refractivity contribution in [3.8, 4) is 0 Å². The molecule has 0 spiro atoms. The average molecular weight is 243 g/mol. The number of aliphatic hydroxyl groups is 1. The van der Waals surface area contributed by atoms with Gasteiger partial charge in [-0.25, -0.2) is 0 Å². The van der Waals surface area contributed by atoms with Crippen LogP contribution in [0.1, 0.15) is 5.56 Å². The van der Waals surface area contributed by atoms with Crippen molar-refractivity contribution in [1.82, 2.24) is 4.90 Å². The number of rotatable bonds is 8. The molecule has 0 aliphatic heterocycles. The Morgan fingerprint density at radius 1 is 1.22 bits per heavy atom. The molecule has 0 saturated carbocycles. The van der Waals surface area contributed by atoms with Crippen LogP contribution in [0, 0.1) is 0 Å². The minimum atomic E-state index is 0.158. The lowest BCUT2D eigenvalue weighted by Crippen LogP contribution is -2.28. The lowest BCUT2D eigenvalue weighted by Gasteiger charge is -2.21. The summed E-state index contributed by atoms with van der Waals surface area (Å²) in [6.45, 7) is 9.89. The molecule has 0 fully saturated rings. The fourth-order valence-corrected chi connectivity index (χ4v) is 1.79. The van der Waals surface area contributed by atoms with Crippen molar-refractivity contribution >= 4 is 0 Å². The lowest BCUT2D eigenvalue weighted by molar-refractivity contribution is 0.201. The van der Waals surface area contributed by atoms with Crippen LogP contribution in [0.4, 0.5) is 0 Å². The van der Waals surface area contributed by atoms with Crippen LogP contribution in [-0.4, -0.2) is 29.7 Å². The van der Waals surface area contributed by atoms with Gasteiger partial charge in [0.05, 0.1) is 6.61 Å². The van der Waals surface area contributed by atoms with E-state index in [2.05, 4.69) is 30.2 Å². The van der Waals surface area contributed by atoms with Gasteiger partial charge in [-0.15, -0.1) is 0 Å². The summed E-state index contributed by atoms with van der Waals surface area (Å²) in [5.41, 5.74) is 2.35. The summed E-state index contributed by atoms with van der Waals surface area (Å²) < 4.78 is 0. The minimum Gasteiger partial charge on any atom is -0.395 e. The Labute approximate surface area is 110 Å². The molecule has 0 atom stereocenters. The Morgan fingerprint density at radius 2 is 1.94 bits per heavy atom. The predicted octanol–water partition coefficient (Wildman–Crippen LogP) is 2.78. The first-order valence-electron chi connectivity index (χ1n) is 6.11. The van der Waals surface area contributed by atoms with Crippen LogP contribution in [0.5, 0.6) is 0 Å². The van der Waals surface area contributed by atoms with E-state index in [0.717, 1.165) is 18.7 Å². The fourth-order valence-electron chi connectivity index (χ4n) is 1.79. The first-order valence-corrected chi connectivity index (χ1v) is 6.11. The number of nitrogens with zero attached hydrogens (tertiary/aromatic N) is 1. The number of allylic oxidation sites excluding steroid dienone is 2. The van der Waals surface area contributed by atoms with Gasteiger partial charge in [0.25, 0.3) is 0 Å². The van der Waals surface area contributed by atoms with Crippen LogP contribution in [0.3, 0.4) is 0 Å².